The number of aliphatic carboxylic acids is 1. The minimum atomic E-state index is -0.768. The van der Waals surface area contributed by atoms with Gasteiger partial charge in [-0.1, -0.05) is 19.3 Å². The first-order valence-electron chi connectivity index (χ1n) is 6.06. The van der Waals surface area contributed by atoms with Gasteiger partial charge in [-0.3, -0.25) is 4.79 Å². The average molecular weight is 222 g/mol. The van der Waals surface area contributed by atoms with Crippen molar-refractivity contribution in [2.24, 2.45) is 0 Å². The standard InChI is InChI=1S/C13H18O3/c14-13(15)9-7-11-6-8-12(16-11)10-4-2-1-3-5-10/h6,8,10H,1-5,7,9H2,(H,14,15). The lowest BCUT2D eigenvalue weighted by Crippen LogP contribution is -2.03. The Morgan fingerprint density at radius 1 is 1.31 bits per heavy atom. The van der Waals surface area contributed by atoms with Crippen LogP contribution in [0.25, 0.3) is 0 Å². The lowest BCUT2D eigenvalue weighted by molar-refractivity contribution is -0.137. The van der Waals surface area contributed by atoms with E-state index in [1.54, 1.807) is 0 Å². The first-order chi connectivity index (χ1) is 7.75. The van der Waals surface area contributed by atoms with Crippen LogP contribution in [0.3, 0.4) is 0 Å². The number of aryl methyl sites for hydroxylation is 1. The summed E-state index contributed by atoms with van der Waals surface area (Å²) in [4.78, 5) is 10.4. The van der Waals surface area contributed by atoms with Gasteiger partial charge in [-0.25, -0.2) is 0 Å². The van der Waals surface area contributed by atoms with Gasteiger partial charge in [-0.15, -0.1) is 0 Å². The molecule has 0 unspecified atom stereocenters. The fraction of sp³-hybridized carbons (Fsp3) is 0.615. The molecule has 0 bridgehead atoms. The smallest absolute Gasteiger partial charge is 0.303 e. The van der Waals surface area contributed by atoms with E-state index in [0.717, 1.165) is 11.5 Å². The first kappa shape index (κ1) is 11.2. The number of carboxylic acids is 1. The summed E-state index contributed by atoms with van der Waals surface area (Å²) in [6.07, 6.45) is 6.99. The summed E-state index contributed by atoms with van der Waals surface area (Å²) in [6, 6.07) is 3.94. The third-order valence-corrected chi connectivity index (χ3v) is 3.28. The van der Waals surface area contributed by atoms with Gasteiger partial charge >= 0.3 is 5.97 Å². The summed E-state index contributed by atoms with van der Waals surface area (Å²) in [6.45, 7) is 0. The molecule has 0 amide bonds. The molecular weight excluding hydrogens is 204 g/mol. The molecular formula is C13H18O3. The Morgan fingerprint density at radius 2 is 2.06 bits per heavy atom. The molecule has 1 aromatic rings. The molecule has 1 heterocycles. The van der Waals surface area contributed by atoms with Crippen LogP contribution in [-0.4, -0.2) is 11.1 Å². The van der Waals surface area contributed by atoms with Crippen molar-refractivity contribution >= 4 is 5.97 Å². The highest BCUT2D eigenvalue weighted by Gasteiger charge is 2.18. The summed E-state index contributed by atoms with van der Waals surface area (Å²) in [5, 5.41) is 8.59. The van der Waals surface area contributed by atoms with Crippen LogP contribution in [0.5, 0.6) is 0 Å². The Kier molecular flexibility index (Phi) is 3.65. The van der Waals surface area contributed by atoms with E-state index in [1.165, 1.54) is 32.1 Å². The van der Waals surface area contributed by atoms with Crippen LogP contribution in [0.1, 0.15) is 56.0 Å². The molecule has 16 heavy (non-hydrogen) atoms. The van der Waals surface area contributed by atoms with E-state index >= 15 is 0 Å². The molecule has 0 aromatic carbocycles. The third kappa shape index (κ3) is 2.87. The van der Waals surface area contributed by atoms with Crippen LogP contribution in [0.2, 0.25) is 0 Å². The molecule has 3 nitrogen and oxygen atoms in total. The summed E-state index contributed by atoms with van der Waals surface area (Å²) < 4.78 is 5.71. The molecule has 1 aromatic heterocycles. The molecule has 1 N–H and O–H groups in total. The molecule has 1 aliphatic carbocycles. The Labute approximate surface area is 95.5 Å². The Bertz CT molecular complexity index is 348. The number of carbonyl (C=O) groups is 1. The predicted molar refractivity (Wildman–Crippen MR) is 60.5 cm³/mol. The number of carboxylic acid groups (broad SMARTS) is 1. The van der Waals surface area contributed by atoms with Gasteiger partial charge in [-0.05, 0) is 25.0 Å². The largest absolute Gasteiger partial charge is 0.481 e. The normalized spacial score (nSPS) is 17.5. The number of hydrogen-bond donors (Lipinski definition) is 1. The second kappa shape index (κ2) is 5.19. The second-order valence-electron chi connectivity index (χ2n) is 4.53. The zero-order valence-corrected chi connectivity index (χ0v) is 9.45. The van der Waals surface area contributed by atoms with Gasteiger partial charge in [0.2, 0.25) is 0 Å². The lowest BCUT2D eigenvalue weighted by atomic mass is 9.88. The van der Waals surface area contributed by atoms with Gasteiger partial charge in [0.05, 0.1) is 6.42 Å². The van der Waals surface area contributed by atoms with Crippen molar-refractivity contribution in [1.82, 2.24) is 0 Å². The van der Waals surface area contributed by atoms with Crippen molar-refractivity contribution in [3.63, 3.8) is 0 Å². The minimum absolute atomic E-state index is 0.150. The third-order valence-electron chi connectivity index (χ3n) is 3.28. The van der Waals surface area contributed by atoms with Crippen molar-refractivity contribution in [3.8, 4) is 0 Å². The zero-order chi connectivity index (χ0) is 11.4. The van der Waals surface area contributed by atoms with E-state index in [9.17, 15) is 4.79 Å². The molecule has 1 fully saturated rings. The monoisotopic (exact) mass is 222 g/mol. The predicted octanol–water partition coefficient (Wildman–Crippen LogP) is 3.34. The fourth-order valence-corrected chi connectivity index (χ4v) is 2.37. The van der Waals surface area contributed by atoms with Crippen LogP contribution in [-0.2, 0) is 11.2 Å². The maximum atomic E-state index is 10.4. The van der Waals surface area contributed by atoms with Crippen LogP contribution < -0.4 is 0 Å². The minimum Gasteiger partial charge on any atom is -0.481 e. The van der Waals surface area contributed by atoms with Gasteiger partial charge in [0, 0.05) is 12.3 Å². The van der Waals surface area contributed by atoms with Gasteiger partial charge in [0.15, 0.2) is 0 Å². The quantitative estimate of drug-likeness (QED) is 0.849. The topological polar surface area (TPSA) is 50.4 Å². The van der Waals surface area contributed by atoms with E-state index < -0.39 is 5.97 Å². The maximum Gasteiger partial charge on any atom is 0.303 e. The van der Waals surface area contributed by atoms with E-state index in [2.05, 4.69) is 0 Å². The summed E-state index contributed by atoms with van der Waals surface area (Å²) in [5.41, 5.74) is 0. The van der Waals surface area contributed by atoms with Crippen molar-refractivity contribution in [3.05, 3.63) is 23.7 Å². The van der Waals surface area contributed by atoms with E-state index in [0.29, 0.717) is 12.3 Å². The molecule has 3 heteroatoms. The SMILES string of the molecule is O=C(O)CCc1ccc(C2CCCCC2)o1. The van der Waals surface area contributed by atoms with E-state index in [1.807, 2.05) is 12.1 Å². The van der Waals surface area contributed by atoms with Crippen molar-refractivity contribution < 1.29 is 14.3 Å². The van der Waals surface area contributed by atoms with Gasteiger partial charge in [0.1, 0.15) is 11.5 Å². The van der Waals surface area contributed by atoms with Crippen LogP contribution in [0.15, 0.2) is 16.5 Å². The molecule has 0 saturated heterocycles. The Morgan fingerprint density at radius 3 is 2.75 bits per heavy atom. The van der Waals surface area contributed by atoms with E-state index in [-0.39, 0.29) is 6.42 Å². The first-order valence-corrected chi connectivity index (χ1v) is 6.06. The number of furan rings is 1. The summed E-state index contributed by atoms with van der Waals surface area (Å²) in [5.74, 6) is 1.66. The molecule has 88 valence electrons. The van der Waals surface area contributed by atoms with Crippen molar-refractivity contribution in [2.45, 2.75) is 50.9 Å². The highest BCUT2D eigenvalue weighted by molar-refractivity contribution is 5.66. The lowest BCUT2D eigenvalue weighted by Gasteiger charge is -2.19. The van der Waals surface area contributed by atoms with Crippen molar-refractivity contribution in [2.75, 3.05) is 0 Å². The van der Waals surface area contributed by atoms with Crippen molar-refractivity contribution in [1.29, 1.82) is 0 Å². The van der Waals surface area contributed by atoms with Crippen LogP contribution in [0, 0.1) is 0 Å². The molecule has 1 aliphatic rings. The Hall–Kier alpha value is -1.25. The molecule has 0 radical (unpaired) electrons. The second-order valence-corrected chi connectivity index (χ2v) is 4.53. The highest BCUT2D eigenvalue weighted by Crippen LogP contribution is 2.33. The number of rotatable bonds is 4. The fourth-order valence-electron chi connectivity index (χ4n) is 2.37. The molecule has 0 aliphatic heterocycles. The van der Waals surface area contributed by atoms with Crippen LogP contribution in [0.4, 0.5) is 0 Å². The maximum absolute atomic E-state index is 10.4. The highest BCUT2D eigenvalue weighted by atomic mass is 16.4. The molecule has 2 rings (SSSR count). The number of hydrogen-bond acceptors (Lipinski definition) is 2. The van der Waals surface area contributed by atoms with Gasteiger partial charge in [0.25, 0.3) is 0 Å². The van der Waals surface area contributed by atoms with Gasteiger partial charge < -0.3 is 9.52 Å². The molecule has 1 saturated carbocycles. The molecule has 0 atom stereocenters. The summed E-state index contributed by atoms with van der Waals surface area (Å²) in [7, 11) is 0. The average Bonchev–Trinajstić information content (AvgIpc) is 2.76. The molecule has 0 spiro atoms. The zero-order valence-electron chi connectivity index (χ0n) is 9.45. The van der Waals surface area contributed by atoms with E-state index in [4.69, 9.17) is 9.52 Å². The van der Waals surface area contributed by atoms with Crippen LogP contribution >= 0.6 is 0 Å². The summed E-state index contributed by atoms with van der Waals surface area (Å²) >= 11 is 0. The Balaban J connectivity index is 1.93. The van der Waals surface area contributed by atoms with Gasteiger partial charge in [-0.2, -0.15) is 0 Å².